The second-order valence-corrected chi connectivity index (χ2v) is 4.02. The van der Waals surface area contributed by atoms with E-state index in [0.29, 0.717) is 11.4 Å². The van der Waals surface area contributed by atoms with Gasteiger partial charge in [0.25, 0.3) is 5.91 Å². The molecule has 1 unspecified atom stereocenters. The van der Waals surface area contributed by atoms with Crippen molar-refractivity contribution in [3.05, 3.63) is 24.3 Å². The fourth-order valence-electron chi connectivity index (χ4n) is 1.23. The van der Waals surface area contributed by atoms with Gasteiger partial charge in [0.15, 0.2) is 5.17 Å². The van der Waals surface area contributed by atoms with E-state index < -0.39 is 5.44 Å². The molecule has 0 bridgehead atoms. The summed E-state index contributed by atoms with van der Waals surface area (Å²) in [6.45, 7) is 0. The average molecular weight is 223 g/mol. The van der Waals surface area contributed by atoms with Crippen molar-refractivity contribution in [1.29, 1.82) is 5.41 Å². The molecule has 0 radical (unpaired) electrons. The molecule has 78 valence electrons. The minimum absolute atomic E-state index is 0.144. The number of nitrogens with two attached hydrogens (primary N) is 1. The first-order valence-electron chi connectivity index (χ1n) is 4.24. The molecule has 1 atom stereocenters. The number of amides is 1. The maximum Gasteiger partial charge on any atom is 0.276 e. The lowest BCUT2D eigenvalue weighted by Crippen LogP contribution is -2.36. The summed E-state index contributed by atoms with van der Waals surface area (Å²) in [6, 6.07) is 7.12. The zero-order valence-corrected chi connectivity index (χ0v) is 8.51. The Morgan fingerprint density at radius 3 is 3.00 bits per heavy atom. The van der Waals surface area contributed by atoms with E-state index in [-0.39, 0.29) is 11.1 Å². The second kappa shape index (κ2) is 3.82. The molecule has 1 aliphatic rings. The van der Waals surface area contributed by atoms with Crippen LogP contribution in [0.1, 0.15) is 0 Å². The molecule has 1 aromatic carbocycles. The highest BCUT2D eigenvalue weighted by molar-refractivity contribution is 8.14. The SMILES string of the molecule is N=C(N)SC1Oc2ccccc2NC1=O. The highest BCUT2D eigenvalue weighted by Crippen LogP contribution is 2.31. The maximum absolute atomic E-state index is 11.5. The predicted octanol–water partition coefficient (Wildman–Crippen LogP) is 0.970. The highest BCUT2D eigenvalue weighted by atomic mass is 32.2. The number of fused-ring (bicyclic) bond motifs is 1. The molecule has 1 aromatic rings. The Bertz CT molecular complexity index is 422. The standard InChI is InChI=1S/C9H9N3O2S/c10-9(11)15-8-7(13)12-5-3-1-2-4-6(5)14-8/h1-4,8H,(H3,10,11)(H,12,13). The van der Waals surface area contributed by atoms with Crippen LogP contribution in [0.25, 0.3) is 0 Å². The number of ether oxygens (including phenoxy) is 1. The molecular formula is C9H9N3O2S. The summed E-state index contributed by atoms with van der Waals surface area (Å²) in [5.74, 6) is 0.296. The van der Waals surface area contributed by atoms with Crippen molar-refractivity contribution in [1.82, 2.24) is 0 Å². The second-order valence-electron chi connectivity index (χ2n) is 2.92. The molecule has 0 fully saturated rings. The topological polar surface area (TPSA) is 88.2 Å². The van der Waals surface area contributed by atoms with Gasteiger partial charge in [-0.1, -0.05) is 12.1 Å². The molecule has 4 N–H and O–H groups in total. The zero-order valence-electron chi connectivity index (χ0n) is 7.69. The van der Waals surface area contributed by atoms with Crippen LogP contribution < -0.4 is 15.8 Å². The van der Waals surface area contributed by atoms with Crippen LogP contribution in [-0.4, -0.2) is 16.5 Å². The van der Waals surface area contributed by atoms with Crippen molar-refractivity contribution in [2.75, 3.05) is 5.32 Å². The molecule has 5 nitrogen and oxygen atoms in total. The van der Waals surface area contributed by atoms with E-state index in [1.807, 2.05) is 6.07 Å². The molecule has 15 heavy (non-hydrogen) atoms. The average Bonchev–Trinajstić information content (AvgIpc) is 2.18. The van der Waals surface area contributed by atoms with Gasteiger partial charge in [0.05, 0.1) is 5.69 Å². The highest BCUT2D eigenvalue weighted by Gasteiger charge is 2.28. The fraction of sp³-hybridized carbons (Fsp3) is 0.111. The molecule has 0 saturated heterocycles. The molecule has 0 spiro atoms. The van der Waals surface area contributed by atoms with E-state index >= 15 is 0 Å². The number of hydrogen-bond donors (Lipinski definition) is 3. The monoisotopic (exact) mass is 223 g/mol. The molecule has 0 aromatic heterocycles. The number of nitrogens with one attached hydrogen (secondary N) is 2. The number of carbonyl (C=O) groups excluding carboxylic acids is 1. The molecule has 2 rings (SSSR count). The van der Waals surface area contributed by atoms with Crippen molar-refractivity contribution < 1.29 is 9.53 Å². The van der Waals surface area contributed by atoms with E-state index in [4.69, 9.17) is 15.9 Å². The van der Waals surface area contributed by atoms with Crippen LogP contribution in [0.3, 0.4) is 0 Å². The van der Waals surface area contributed by atoms with Gasteiger partial charge in [-0.25, -0.2) is 0 Å². The minimum atomic E-state index is -0.780. The molecule has 1 aliphatic heterocycles. The molecule has 6 heteroatoms. The lowest BCUT2D eigenvalue weighted by molar-refractivity contribution is -0.120. The summed E-state index contributed by atoms with van der Waals surface area (Å²) in [6.07, 6.45) is 0. The molecule has 1 amide bonds. The maximum atomic E-state index is 11.5. The summed E-state index contributed by atoms with van der Waals surface area (Å²) in [4.78, 5) is 11.5. The van der Waals surface area contributed by atoms with Gasteiger partial charge in [-0.3, -0.25) is 10.2 Å². The Morgan fingerprint density at radius 1 is 1.53 bits per heavy atom. The van der Waals surface area contributed by atoms with Gasteiger partial charge >= 0.3 is 0 Å². The smallest absolute Gasteiger partial charge is 0.276 e. The number of para-hydroxylation sites is 2. The Balaban J connectivity index is 2.22. The summed E-state index contributed by atoms with van der Waals surface area (Å²) < 4.78 is 5.39. The number of benzene rings is 1. The summed E-state index contributed by atoms with van der Waals surface area (Å²) in [5, 5.41) is 9.62. The first-order valence-corrected chi connectivity index (χ1v) is 5.12. The first-order chi connectivity index (χ1) is 7.16. The lowest BCUT2D eigenvalue weighted by Gasteiger charge is -2.24. The van der Waals surface area contributed by atoms with E-state index in [1.54, 1.807) is 18.2 Å². The quantitative estimate of drug-likeness (QED) is 0.489. The largest absolute Gasteiger partial charge is 0.467 e. The van der Waals surface area contributed by atoms with Crippen LogP contribution in [0.2, 0.25) is 0 Å². The van der Waals surface area contributed by atoms with Gasteiger partial charge in [-0.05, 0) is 23.9 Å². The first kappa shape index (κ1) is 9.85. The predicted molar refractivity (Wildman–Crippen MR) is 59.0 cm³/mol. The van der Waals surface area contributed by atoms with Crippen LogP contribution in [0.15, 0.2) is 24.3 Å². The van der Waals surface area contributed by atoms with Crippen molar-refractivity contribution in [3.63, 3.8) is 0 Å². The van der Waals surface area contributed by atoms with Crippen molar-refractivity contribution >= 4 is 28.5 Å². The van der Waals surface area contributed by atoms with Crippen LogP contribution in [0.4, 0.5) is 5.69 Å². The van der Waals surface area contributed by atoms with Gasteiger partial charge in [0.1, 0.15) is 5.75 Å². The van der Waals surface area contributed by atoms with Gasteiger partial charge in [0.2, 0.25) is 5.44 Å². The van der Waals surface area contributed by atoms with Gasteiger partial charge in [0, 0.05) is 0 Å². The van der Waals surface area contributed by atoms with Crippen LogP contribution >= 0.6 is 11.8 Å². The molecule has 0 aliphatic carbocycles. The number of rotatable bonds is 1. The Hall–Kier alpha value is -1.69. The number of amidine groups is 1. The summed E-state index contributed by atoms with van der Waals surface area (Å²) in [7, 11) is 0. The zero-order chi connectivity index (χ0) is 10.8. The number of thioether (sulfide) groups is 1. The third-order valence-corrected chi connectivity index (χ3v) is 2.61. The molecular weight excluding hydrogens is 214 g/mol. The Kier molecular flexibility index (Phi) is 2.51. The van der Waals surface area contributed by atoms with Gasteiger partial charge in [-0.2, -0.15) is 0 Å². The molecule has 0 saturated carbocycles. The fourth-order valence-corrected chi connectivity index (χ4v) is 1.77. The van der Waals surface area contributed by atoms with Crippen molar-refractivity contribution in [2.45, 2.75) is 5.44 Å². The Labute approximate surface area is 90.5 Å². The van der Waals surface area contributed by atoms with Gasteiger partial charge in [-0.15, -0.1) is 0 Å². The van der Waals surface area contributed by atoms with Crippen molar-refractivity contribution in [3.8, 4) is 5.75 Å². The normalized spacial score (nSPS) is 18.7. The lowest BCUT2D eigenvalue weighted by atomic mass is 10.2. The summed E-state index contributed by atoms with van der Waals surface area (Å²) >= 11 is 0.874. The Morgan fingerprint density at radius 2 is 2.27 bits per heavy atom. The van der Waals surface area contributed by atoms with Gasteiger partial charge < -0.3 is 15.8 Å². The van der Waals surface area contributed by atoms with Crippen LogP contribution in [0.5, 0.6) is 5.75 Å². The minimum Gasteiger partial charge on any atom is -0.467 e. The van der Waals surface area contributed by atoms with Crippen LogP contribution in [-0.2, 0) is 4.79 Å². The van der Waals surface area contributed by atoms with E-state index in [2.05, 4.69) is 5.32 Å². The summed E-state index contributed by atoms with van der Waals surface area (Å²) in [5.41, 5.74) is 5.05. The van der Waals surface area contributed by atoms with Crippen LogP contribution in [0, 0.1) is 5.41 Å². The third-order valence-electron chi connectivity index (χ3n) is 1.83. The number of carbonyl (C=O) groups is 1. The third kappa shape index (κ3) is 2.04. The molecule has 1 heterocycles. The van der Waals surface area contributed by atoms with E-state index in [0.717, 1.165) is 11.8 Å². The number of hydrogen-bond acceptors (Lipinski definition) is 4. The van der Waals surface area contributed by atoms with E-state index in [9.17, 15) is 4.79 Å². The van der Waals surface area contributed by atoms with E-state index in [1.165, 1.54) is 0 Å². The number of anilines is 1. The van der Waals surface area contributed by atoms with Crippen molar-refractivity contribution in [2.24, 2.45) is 5.73 Å².